The number of hydrogen-bond acceptors (Lipinski definition) is 3. The predicted octanol–water partition coefficient (Wildman–Crippen LogP) is 7.35. The van der Waals surface area contributed by atoms with Crippen LogP contribution in [0.3, 0.4) is 0 Å². The van der Waals surface area contributed by atoms with E-state index in [-0.39, 0.29) is 6.61 Å². The second-order valence-electron chi connectivity index (χ2n) is 8.07. The van der Waals surface area contributed by atoms with Gasteiger partial charge >= 0.3 is 0 Å². The Hall–Kier alpha value is -2.78. The Kier molecular flexibility index (Phi) is 8.99. The first-order valence-corrected chi connectivity index (χ1v) is 11.5. The summed E-state index contributed by atoms with van der Waals surface area (Å²) in [7, 11) is 0. The summed E-state index contributed by atoms with van der Waals surface area (Å²) in [5.74, 6) is 0.920. The van der Waals surface area contributed by atoms with Gasteiger partial charge in [0.25, 0.3) is 0 Å². The fourth-order valence-corrected chi connectivity index (χ4v) is 3.65. The summed E-state index contributed by atoms with van der Waals surface area (Å²) in [6, 6.07) is 25.6. The Morgan fingerprint density at radius 3 is 1.87 bits per heavy atom. The van der Waals surface area contributed by atoms with Crippen molar-refractivity contribution < 1.29 is 9.84 Å². The SMILES string of the molecule is CCCCCCOc1ccc(N(c2ccc(C)cc2)c2ccc(CCCO)cc2)cc1. The number of aliphatic hydroxyl groups excluding tert-OH is 1. The average molecular weight is 418 g/mol. The molecule has 3 heteroatoms. The molecule has 0 amide bonds. The molecule has 164 valence electrons. The molecule has 0 aliphatic heterocycles. The number of benzene rings is 3. The maximum atomic E-state index is 9.09. The summed E-state index contributed by atoms with van der Waals surface area (Å²) in [6.45, 7) is 5.33. The summed E-state index contributed by atoms with van der Waals surface area (Å²) >= 11 is 0. The molecule has 0 spiro atoms. The first-order valence-electron chi connectivity index (χ1n) is 11.5. The molecule has 0 fully saturated rings. The third kappa shape index (κ3) is 6.86. The molecule has 1 N–H and O–H groups in total. The molecule has 0 aromatic heterocycles. The third-order valence-electron chi connectivity index (χ3n) is 5.47. The van der Waals surface area contributed by atoms with Gasteiger partial charge in [0.15, 0.2) is 0 Å². The van der Waals surface area contributed by atoms with Crippen molar-refractivity contribution in [1.29, 1.82) is 0 Å². The van der Waals surface area contributed by atoms with Crippen LogP contribution in [0.5, 0.6) is 5.75 Å². The van der Waals surface area contributed by atoms with Crippen molar-refractivity contribution in [2.24, 2.45) is 0 Å². The number of nitrogens with zero attached hydrogens (tertiary/aromatic N) is 1. The smallest absolute Gasteiger partial charge is 0.119 e. The molecule has 0 radical (unpaired) electrons. The van der Waals surface area contributed by atoms with E-state index in [0.29, 0.717) is 0 Å². The van der Waals surface area contributed by atoms with Gasteiger partial charge in [-0.15, -0.1) is 0 Å². The number of aryl methyl sites for hydroxylation is 2. The lowest BCUT2D eigenvalue weighted by Gasteiger charge is -2.26. The fourth-order valence-electron chi connectivity index (χ4n) is 3.65. The number of ether oxygens (including phenoxy) is 1. The second kappa shape index (κ2) is 12.2. The van der Waals surface area contributed by atoms with Gasteiger partial charge in [0.2, 0.25) is 0 Å². The zero-order valence-corrected chi connectivity index (χ0v) is 18.9. The summed E-state index contributed by atoms with van der Waals surface area (Å²) in [4.78, 5) is 2.26. The number of aliphatic hydroxyl groups is 1. The minimum absolute atomic E-state index is 0.226. The van der Waals surface area contributed by atoms with Gasteiger partial charge in [-0.05, 0) is 80.3 Å². The van der Waals surface area contributed by atoms with Crippen LogP contribution in [-0.2, 0) is 6.42 Å². The van der Waals surface area contributed by atoms with Gasteiger partial charge in [-0.1, -0.05) is 56.0 Å². The van der Waals surface area contributed by atoms with Crippen molar-refractivity contribution >= 4 is 17.1 Å². The molecule has 0 saturated carbocycles. The molecule has 0 saturated heterocycles. The molecule has 0 aliphatic carbocycles. The van der Waals surface area contributed by atoms with Crippen LogP contribution in [-0.4, -0.2) is 18.3 Å². The van der Waals surface area contributed by atoms with Crippen LogP contribution in [0.4, 0.5) is 17.1 Å². The molecule has 0 unspecified atom stereocenters. The van der Waals surface area contributed by atoms with Gasteiger partial charge in [-0.3, -0.25) is 0 Å². The number of anilines is 3. The van der Waals surface area contributed by atoms with E-state index < -0.39 is 0 Å². The van der Waals surface area contributed by atoms with Crippen LogP contribution in [0.1, 0.15) is 50.2 Å². The van der Waals surface area contributed by atoms with E-state index in [1.54, 1.807) is 0 Å². The third-order valence-corrected chi connectivity index (χ3v) is 5.47. The molecule has 3 nitrogen and oxygen atoms in total. The molecule has 3 rings (SSSR count). The molecule has 3 aromatic rings. The Balaban J connectivity index is 1.79. The van der Waals surface area contributed by atoms with Gasteiger partial charge in [0, 0.05) is 23.7 Å². The zero-order valence-electron chi connectivity index (χ0n) is 18.9. The minimum Gasteiger partial charge on any atom is -0.494 e. The molecular formula is C28H35NO2. The van der Waals surface area contributed by atoms with Crippen LogP contribution in [0, 0.1) is 6.92 Å². The van der Waals surface area contributed by atoms with Crippen LogP contribution in [0.2, 0.25) is 0 Å². The van der Waals surface area contributed by atoms with E-state index in [4.69, 9.17) is 9.84 Å². The van der Waals surface area contributed by atoms with Crippen molar-refractivity contribution in [1.82, 2.24) is 0 Å². The standard InChI is InChI=1S/C28H35NO2/c1-3-4-5-6-22-31-28-19-17-27(18-20-28)29(25-13-9-23(2)10-14-25)26-15-11-24(12-16-26)8-7-21-30/h9-20,30H,3-8,21-22H2,1-2H3. The first-order chi connectivity index (χ1) is 15.2. The summed E-state index contributed by atoms with van der Waals surface area (Å²) in [6.07, 6.45) is 6.53. The maximum Gasteiger partial charge on any atom is 0.119 e. The van der Waals surface area contributed by atoms with Crippen LogP contribution in [0.25, 0.3) is 0 Å². The molecule has 0 atom stereocenters. The highest BCUT2D eigenvalue weighted by Crippen LogP contribution is 2.35. The number of hydrogen-bond donors (Lipinski definition) is 1. The highest BCUT2D eigenvalue weighted by atomic mass is 16.5. The minimum atomic E-state index is 0.226. The lowest BCUT2D eigenvalue weighted by Crippen LogP contribution is -2.10. The van der Waals surface area contributed by atoms with E-state index in [1.807, 2.05) is 0 Å². The van der Waals surface area contributed by atoms with Crippen LogP contribution < -0.4 is 9.64 Å². The Morgan fingerprint density at radius 1 is 0.710 bits per heavy atom. The lowest BCUT2D eigenvalue weighted by atomic mass is 10.1. The molecule has 0 heterocycles. The lowest BCUT2D eigenvalue weighted by molar-refractivity contribution is 0.288. The van der Waals surface area contributed by atoms with Gasteiger partial charge in [-0.2, -0.15) is 0 Å². The second-order valence-corrected chi connectivity index (χ2v) is 8.07. The van der Waals surface area contributed by atoms with Gasteiger partial charge < -0.3 is 14.7 Å². The predicted molar refractivity (Wildman–Crippen MR) is 131 cm³/mol. The normalized spacial score (nSPS) is 10.8. The number of unbranched alkanes of at least 4 members (excludes halogenated alkanes) is 3. The topological polar surface area (TPSA) is 32.7 Å². The van der Waals surface area contributed by atoms with E-state index in [9.17, 15) is 0 Å². The summed E-state index contributed by atoms with van der Waals surface area (Å²) in [5, 5.41) is 9.09. The summed E-state index contributed by atoms with van der Waals surface area (Å²) in [5.41, 5.74) is 5.83. The Bertz CT molecular complexity index is 886. The number of rotatable bonds is 12. The van der Waals surface area contributed by atoms with Crippen LogP contribution >= 0.6 is 0 Å². The highest BCUT2D eigenvalue weighted by molar-refractivity contribution is 5.76. The molecule has 0 aliphatic rings. The largest absolute Gasteiger partial charge is 0.494 e. The van der Waals surface area contributed by atoms with Crippen molar-refractivity contribution in [3.05, 3.63) is 83.9 Å². The highest BCUT2D eigenvalue weighted by Gasteiger charge is 2.12. The molecule has 3 aromatic carbocycles. The van der Waals surface area contributed by atoms with Crippen molar-refractivity contribution in [2.75, 3.05) is 18.1 Å². The monoisotopic (exact) mass is 417 g/mol. The quantitative estimate of drug-likeness (QED) is 0.313. The van der Waals surface area contributed by atoms with Crippen LogP contribution in [0.15, 0.2) is 72.8 Å². The van der Waals surface area contributed by atoms with E-state index in [1.165, 1.54) is 30.4 Å². The van der Waals surface area contributed by atoms with E-state index >= 15 is 0 Å². The van der Waals surface area contributed by atoms with Crippen molar-refractivity contribution in [2.45, 2.75) is 52.4 Å². The summed E-state index contributed by atoms with van der Waals surface area (Å²) < 4.78 is 5.93. The van der Waals surface area contributed by atoms with Gasteiger partial charge in [0.05, 0.1) is 6.61 Å². The first kappa shape index (κ1) is 22.9. The van der Waals surface area contributed by atoms with Crippen molar-refractivity contribution in [3.8, 4) is 5.75 Å². The maximum absolute atomic E-state index is 9.09. The fraction of sp³-hybridized carbons (Fsp3) is 0.357. The van der Waals surface area contributed by atoms with Crippen molar-refractivity contribution in [3.63, 3.8) is 0 Å². The molecular weight excluding hydrogens is 382 g/mol. The Labute approximate surface area is 187 Å². The molecule has 31 heavy (non-hydrogen) atoms. The zero-order chi connectivity index (χ0) is 21.9. The van der Waals surface area contributed by atoms with E-state index in [2.05, 4.69) is 91.5 Å². The van der Waals surface area contributed by atoms with Gasteiger partial charge in [-0.25, -0.2) is 0 Å². The van der Waals surface area contributed by atoms with E-state index in [0.717, 1.165) is 48.7 Å². The Morgan fingerprint density at radius 2 is 1.29 bits per heavy atom. The molecule has 0 bridgehead atoms. The van der Waals surface area contributed by atoms with Gasteiger partial charge in [0.1, 0.15) is 5.75 Å². The average Bonchev–Trinajstić information content (AvgIpc) is 2.81.